The van der Waals surface area contributed by atoms with E-state index in [9.17, 15) is 9.90 Å². The predicted molar refractivity (Wildman–Crippen MR) is 126 cm³/mol. The largest absolute Gasteiger partial charge is 0.478 e. The topological polar surface area (TPSA) is 129 Å². The summed E-state index contributed by atoms with van der Waals surface area (Å²) in [5.74, 6) is 0.214. The summed E-state index contributed by atoms with van der Waals surface area (Å²) in [5.41, 5.74) is 4.91. The van der Waals surface area contributed by atoms with E-state index < -0.39 is 5.97 Å². The maximum Gasteiger partial charge on any atom is 0.335 e. The van der Waals surface area contributed by atoms with Crippen LogP contribution >= 0.6 is 0 Å². The van der Waals surface area contributed by atoms with Crippen molar-refractivity contribution in [2.24, 2.45) is 0 Å². The van der Waals surface area contributed by atoms with Crippen molar-refractivity contribution in [3.63, 3.8) is 0 Å². The first-order valence-corrected chi connectivity index (χ1v) is 10.6. The molecule has 0 amide bonds. The smallest absolute Gasteiger partial charge is 0.335 e. The number of nitrogens with zero attached hydrogens (tertiary/aromatic N) is 4. The molecule has 3 aromatic heterocycles. The molecule has 1 saturated carbocycles. The van der Waals surface area contributed by atoms with Gasteiger partial charge in [-0.15, -0.1) is 0 Å². The Bertz CT molecular complexity index is 1520. The van der Waals surface area contributed by atoms with Crippen molar-refractivity contribution in [3.8, 4) is 11.1 Å². The molecule has 0 atom stereocenters. The van der Waals surface area contributed by atoms with Crippen molar-refractivity contribution in [1.29, 1.82) is 0 Å². The van der Waals surface area contributed by atoms with Gasteiger partial charge >= 0.3 is 5.97 Å². The first-order chi connectivity index (χ1) is 16.1. The molecule has 6 rings (SSSR count). The van der Waals surface area contributed by atoms with Crippen LogP contribution in [0, 0.1) is 0 Å². The van der Waals surface area contributed by atoms with Crippen LogP contribution in [0.15, 0.2) is 61.1 Å². The molecule has 0 radical (unpaired) electrons. The second-order valence-electron chi connectivity index (χ2n) is 8.02. The van der Waals surface area contributed by atoms with Crippen molar-refractivity contribution in [3.05, 3.63) is 66.6 Å². The van der Waals surface area contributed by atoms with E-state index in [1.807, 2.05) is 30.3 Å². The molecule has 0 bridgehead atoms. The van der Waals surface area contributed by atoms with Gasteiger partial charge in [0.15, 0.2) is 11.5 Å². The van der Waals surface area contributed by atoms with E-state index in [0.29, 0.717) is 17.6 Å². The number of carbonyl (C=O) groups is 1. The molecule has 9 heteroatoms. The normalized spacial score (nSPS) is 13.3. The number of imidazole rings is 1. The maximum atomic E-state index is 11.4. The quantitative estimate of drug-likeness (QED) is 0.304. The number of pyridine rings is 1. The van der Waals surface area contributed by atoms with Crippen LogP contribution in [0.2, 0.25) is 0 Å². The van der Waals surface area contributed by atoms with Gasteiger partial charge in [-0.05, 0) is 60.4 Å². The Morgan fingerprint density at radius 1 is 1.06 bits per heavy atom. The van der Waals surface area contributed by atoms with Crippen molar-refractivity contribution in [2.45, 2.75) is 18.9 Å². The molecule has 9 nitrogen and oxygen atoms in total. The van der Waals surface area contributed by atoms with Crippen LogP contribution in [0.1, 0.15) is 23.2 Å². The summed E-state index contributed by atoms with van der Waals surface area (Å²) in [6, 6.07) is 15.0. The molecule has 0 spiro atoms. The van der Waals surface area contributed by atoms with Gasteiger partial charge in [-0.25, -0.2) is 9.78 Å². The predicted octanol–water partition coefficient (Wildman–Crippen LogP) is 4.58. The highest BCUT2D eigenvalue weighted by molar-refractivity contribution is 5.98. The van der Waals surface area contributed by atoms with Crippen LogP contribution in [0.4, 0.5) is 17.5 Å². The van der Waals surface area contributed by atoms with E-state index in [4.69, 9.17) is 0 Å². The Kier molecular flexibility index (Phi) is 4.39. The van der Waals surface area contributed by atoms with Gasteiger partial charge in [0.05, 0.1) is 17.4 Å². The van der Waals surface area contributed by atoms with Crippen LogP contribution in [-0.2, 0) is 0 Å². The Hall–Kier alpha value is -4.53. The fourth-order valence-electron chi connectivity index (χ4n) is 3.84. The van der Waals surface area contributed by atoms with E-state index in [1.165, 1.54) is 0 Å². The average molecular weight is 437 g/mol. The summed E-state index contributed by atoms with van der Waals surface area (Å²) < 4.78 is 0. The number of aromatic nitrogens is 5. The molecule has 33 heavy (non-hydrogen) atoms. The molecule has 0 unspecified atom stereocenters. The average Bonchev–Trinajstić information content (AvgIpc) is 3.51. The summed E-state index contributed by atoms with van der Waals surface area (Å²) >= 11 is 0. The highest BCUT2D eigenvalue weighted by Crippen LogP contribution is 2.32. The van der Waals surface area contributed by atoms with Gasteiger partial charge in [-0.3, -0.25) is 4.98 Å². The van der Waals surface area contributed by atoms with E-state index in [-0.39, 0.29) is 5.56 Å². The second kappa shape index (κ2) is 7.56. The molecule has 4 N–H and O–H groups in total. The molecule has 1 aliphatic rings. The number of fused-ring (bicyclic) bond motifs is 2. The number of hydrogen-bond donors (Lipinski definition) is 4. The van der Waals surface area contributed by atoms with Gasteiger partial charge in [0.25, 0.3) is 0 Å². The number of nitrogens with one attached hydrogen (secondary N) is 3. The van der Waals surface area contributed by atoms with Gasteiger partial charge in [0.1, 0.15) is 5.52 Å². The fraction of sp³-hybridized carbons (Fsp3) is 0.125. The Morgan fingerprint density at radius 2 is 1.97 bits per heavy atom. The monoisotopic (exact) mass is 437 g/mol. The van der Waals surface area contributed by atoms with Crippen LogP contribution < -0.4 is 10.6 Å². The molecular weight excluding hydrogens is 418 g/mol. The highest BCUT2D eigenvalue weighted by atomic mass is 16.4. The number of carboxylic acid groups (broad SMARTS) is 1. The molecule has 1 fully saturated rings. The van der Waals surface area contributed by atoms with E-state index >= 15 is 0 Å². The van der Waals surface area contributed by atoms with E-state index in [0.717, 1.165) is 51.9 Å². The minimum Gasteiger partial charge on any atom is -0.478 e. The van der Waals surface area contributed by atoms with Gasteiger partial charge < -0.3 is 20.7 Å². The molecular formula is C24H19N7O2. The minimum atomic E-state index is -0.959. The van der Waals surface area contributed by atoms with Crippen molar-refractivity contribution in [1.82, 2.24) is 24.9 Å². The Labute approximate surface area is 188 Å². The number of rotatable bonds is 6. The number of carboxylic acids is 1. The molecule has 5 aromatic rings. The van der Waals surface area contributed by atoms with Crippen molar-refractivity contribution < 1.29 is 9.90 Å². The Balaban J connectivity index is 1.40. The van der Waals surface area contributed by atoms with Gasteiger partial charge in [-0.1, -0.05) is 12.1 Å². The summed E-state index contributed by atoms with van der Waals surface area (Å²) in [7, 11) is 0. The summed E-state index contributed by atoms with van der Waals surface area (Å²) in [4.78, 5) is 32.5. The number of H-pyrrole nitrogens is 1. The number of benzene rings is 2. The summed E-state index contributed by atoms with van der Waals surface area (Å²) in [6.07, 6.45) is 5.60. The van der Waals surface area contributed by atoms with Crippen molar-refractivity contribution in [2.75, 3.05) is 10.6 Å². The van der Waals surface area contributed by atoms with E-state index in [2.05, 4.69) is 35.6 Å². The van der Waals surface area contributed by atoms with Gasteiger partial charge in [0.2, 0.25) is 5.95 Å². The number of aromatic amines is 1. The molecule has 162 valence electrons. The maximum absolute atomic E-state index is 11.4. The zero-order valence-corrected chi connectivity index (χ0v) is 17.4. The summed E-state index contributed by atoms with van der Waals surface area (Å²) in [6.45, 7) is 0. The SMILES string of the molecule is O=C(O)c1cccc(-c2ccnc3ccc(Nc4nc(NC5CC5)c5[nH]cnc5n4)cc23)c1. The highest BCUT2D eigenvalue weighted by Gasteiger charge is 2.23. The molecule has 0 saturated heterocycles. The molecule has 0 aliphatic heterocycles. The van der Waals surface area contributed by atoms with Crippen LogP contribution in [-0.4, -0.2) is 42.0 Å². The lowest BCUT2D eigenvalue weighted by Crippen LogP contribution is -2.07. The number of hydrogen-bond acceptors (Lipinski definition) is 7. The molecule has 1 aliphatic carbocycles. The van der Waals surface area contributed by atoms with Crippen LogP contribution in [0.3, 0.4) is 0 Å². The lowest BCUT2D eigenvalue weighted by Gasteiger charge is -2.11. The number of aromatic carboxylic acids is 1. The van der Waals surface area contributed by atoms with Gasteiger partial charge in [-0.2, -0.15) is 9.97 Å². The van der Waals surface area contributed by atoms with E-state index in [1.54, 1.807) is 30.7 Å². The summed E-state index contributed by atoms with van der Waals surface area (Å²) in [5, 5.41) is 17.0. The lowest BCUT2D eigenvalue weighted by atomic mass is 9.99. The zero-order chi connectivity index (χ0) is 22.4. The third kappa shape index (κ3) is 3.69. The van der Waals surface area contributed by atoms with Crippen molar-refractivity contribution >= 4 is 45.5 Å². The third-order valence-electron chi connectivity index (χ3n) is 5.62. The zero-order valence-electron chi connectivity index (χ0n) is 17.4. The van der Waals surface area contributed by atoms with Crippen LogP contribution in [0.25, 0.3) is 33.2 Å². The van der Waals surface area contributed by atoms with Crippen LogP contribution in [0.5, 0.6) is 0 Å². The first-order valence-electron chi connectivity index (χ1n) is 10.6. The minimum absolute atomic E-state index is 0.239. The number of anilines is 3. The fourth-order valence-corrected chi connectivity index (χ4v) is 3.84. The Morgan fingerprint density at radius 3 is 2.82 bits per heavy atom. The molecule has 2 aromatic carbocycles. The van der Waals surface area contributed by atoms with Gasteiger partial charge in [0, 0.05) is 23.3 Å². The standard InChI is InChI=1S/C24H19N7O2/c32-23(33)14-3-1-2-13(10-14)17-8-9-25-19-7-6-16(11-18(17)19)29-24-30-21-20(26-12-27-21)22(31-24)28-15-4-5-15/h1-3,6-12,15H,4-5H2,(H,32,33)(H3,26,27,28,29,30,31). The first kappa shape index (κ1) is 19.2. The lowest BCUT2D eigenvalue weighted by molar-refractivity contribution is 0.0697. The third-order valence-corrected chi connectivity index (χ3v) is 5.62. The molecule has 3 heterocycles. The second-order valence-corrected chi connectivity index (χ2v) is 8.02.